The SMILES string of the molecule is CCC[CH2][GeH]([CH2]CCC)[N](C)C. The van der Waals surface area contributed by atoms with Crippen LogP contribution in [-0.4, -0.2) is 32.5 Å². The van der Waals surface area contributed by atoms with Crippen LogP contribution in [0, 0.1) is 0 Å². The molecule has 0 aliphatic rings. The summed E-state index contributed by atoms with van der Waals surface area (Å²) in [7, 11) is 4.58. The molecule has 12 heavy (non-hydrogen) atoms. The van der Waals surface area contributed by atoms with Crippen LogP contribution in [0.15, 0.2) is 0 Å². The summed E-state index contributed by atoms with van der Waals surface area (Å²) in [6.45, 7) is 4.60. The van der Waals surface area contributed by atoms with Gasteiger partial charge in [-0.15, -0.1) is 0 Å². The molecule has 0 N–H and O–H groups in total. The molecule has 0 saturated carbocycles. The molecule has 0 atom stereocenters. The summed E-state index contributed by atoms with van der Waals surface area (Å²) < 4.78 is 2.57. The Hall–Kier alpha value is 0.503. The van der Waals surface area contributed by atoms with Crippen molar-refractivity contribution in [1.82, 2.24) is 3.86 Å². The molecule has 74 valence electrons. The van der Waals surface area contributed by atoms with Gasteiger partial charge in [-0.25, -0.2) is 0 Å². The third-order valence-electron chi connectivity index (χ3n) is 2.51. The molecule has 0 bridgehead atoms. The Morgan fingerprint density at radius 1 is 0.917 bits per heavy atom. The Labute approximate surface area is 82.9 Å². The van der Waals surface area contributed by atoms with Crippen LogP contribution in [0.1, 0.15) is 39.5 Å². The number of hydrogen-bond donors (Lipinski definition) is 0. The number of rotatable bonds is 7. The topological polar surface area (TPSA) is 3.24 Å². The standard InChI is InChI=1S/C10H25GeN/c1-5-7-9-11(12(3)4)10-8-6-2/h11H,5-10H2,1-4H3. The molecule has 0 radical (unpaired) electrons. The van der Waals surface area contributed by atoms with Crippen molar-refractivity contribution >= 4 is 14.6 Å². The fourth-order valence-electron chi connectivity index (χ4n) is 1.54. The summed E-state index contributed by atoms with van der Waals surface area (Å²) >= 11 is -0.976. The molecule has 0 aliphatic heterocycles. The first-order valence-electron chi connectivity index (χ1n) is 5.38. The Balaban J connectivity index is 3.55. The molecule has 0 aliphatic carbocycles. The van der Waals surface area contributed by atoms with Crippen molar-refractivity contribution in [3.63, 3.8) is 0 Å². The van der Waals surface area contributed by atoms with E-state index in [0.29, 0.717) is 0 Å². The van der Waals surface area contributed by atoms with Gasteiger partial charge in [0.2, 0.25) is 0 Å². The van der Waals surface area contributed by atoms with Crippen molar-refractivity contribution in [3.8, 4) is 0 Å². The van der Waals surface area contributed by atoms with E-state index >= 15 is 0 Å². The van der Waals surface area contributed by atoms with Gasteiger partial charge in [0.05, 0.1) is 0 Å². The third-order valence-corrected chi connectivity index (χ3v) is 10.1. The van der Waals surface area contributed by atoms with E-state index in [4.69, 9.17) is 0 Å². The van der Waals surface area contributed by atoms with Gasteiger partial charge in [-0.2, -0.15) is 0 Å². The van der Waals surface area contributed by atoms with Gasteiger partial charge in [0, 0.05) is 0 Å². The first kappa shape index (κ1) is 12.5. The van der Waals surface area contributed by atoms with Crippen molar-refractivity contribution in [2.45, 2.75) is 50.0 Å². The van der Waals surface area contributed by atoms with E-state index in [2.05, 4.69) is 31.8 Å². The second-order valence-corrected chi connectivity index (χ2v) is 11.2. The molecule has 0 aromatic heterocycles. The van der Waals surface area contributed by atoms with Crippen LogP contribution in [0.4, 0.5) is 0 Å². The van der Waals surface area contributed by atoms with Gasteiger partial charge in [0.25, 0.3) is 0 Å². The van der Waals surface area contributed by atoms with Gasteiger partial charge in [-0.3, -0.25) is 0 Å². The summed E-state index contributed by atoms with van der Waals surface area (Å²) in [6.07, 6.45) is 5.68. The van der Waals surface area contributed by atoms with E-state index in [1.165, 1.54) is 25.7 Å². The monoisotopic (exact) mass is 233 g/mol. The molecule has 1 nitrogen and oxygen atoms in total. The Morgan fingerprint density at radius 3 is 1.58 bits per heavy atom. The zero-order chi connectivity index (χ0) is 9.40. The maximum atomic E-state index is 2.57. The normalized spacial score (nSPS) is 11.5. The van der Waals surface area contributed by atoms with E-state index in [0.717, 1.165) is 0 Å². The second-order valence-electron chi connectivity index (χ2n) is 3.90. The summed E-state index contributed by atoms with van der Waals surface area (Å²) in [4.78, 5) is 0. The minimum atomic E-state index is -0.976. The van der Waals surface area contributed by atoms with E-state index in [9.17, 15) is 0 Å². The molecule has 0 aromatic carbocycles. The molecule has 0 amide bonds. The zero-order valence-corrected chi connectivity index (χ0v) is 11.7. The molecular formula is C10H25GeN. The van der Waals surface area contributed by atoms with Gasteiger partial charge >= 0.3 is 82.6 Å². The van der Waals surface area contributed by atoms with Crippen molar-refractivity contribution < 1.29 is 0 Å². The fraction of sp³-hybridized carbons (Fsp3) is 1.00. The van der Waals surface area contributed by atoms with Crippen LogP contribution in [-0.2, 0) is 0 Å². The predicted molar refractivity (Wildman–Crippen MR) is 60.3 cm³/mol. The fourth-order valence-corrected chi connectivity index (χ4v) is 8.00. The van der Waals surface area contributed by atoms with Crippen LogP contribution in [0.25, 0.3) is 0 Å². The first-order valence-corrected chi connectivity index (χ1v) is 9.89. The number of hydrogen-bond acceptors (Lipinski definition) is 1. The van der Waals surface area contributed by atoms with Crippen molar-refractivity contribution in [1.29, 1.82) is 0 Å². The van der Waals surface area contributed by atoms with Gasteiger partial charge in [0.15, 0.2) is 0 Å². The molecule has 0 saturated heterocycles. The van der Waals surface area contributed by atoms with E-state index in [-0.39, 0.29) is 0 Å². The molecule has 0 spiro atoms. The summed E-state index contributed by atoms with van der Waals surface area (Å²) in [5.41, 5.74) is 0. The quantitative estimate of drug-likeness (QED) is 0.610. The molecular weight excluding hydrogens is 207 g/mol. The van der Waals surface area contributed by atoms with Crippen LogP contribution >= 0.6 is 0 Å². The zero-order valence-electron chi connectivity index (χ0n) is 9.27. The predicted octanol–water partition coefficient (Wildman–Crippen LogP) is 2.87. The third kappa shape index (κ3) is 6.07. The van der Waals surface area contributed by atoms with Crippen molar-refractivity contribution in [2.24, 2.45) is 0 Å². The molecule has 0 heterocycles. The van der Waals surface area contributed by atoms with E-state index in [1.807, 2.05) is 0 Å². The average molecular weight is 232 g/mol. The van der Waals surface area contributed by atoms with Crippen LogP contribution < -0.4 is 0 Å². The number of unbranched alkanes of at least 4 members (excludes halogenated alkanes) is 2. The van der Waals surface area contributed by atoms with Crippen LogP contribution in [0.3, 0.4) is 0 Å². The van der Waals surface area contributed by atoms with Crippen LogP contribution in [0.2, 0.25) is 10.5 Å². The maximum absolute atomic E-state index is 2.57. The average Bonchev–Trinajstić information content (AvgIpc) is 2.04. The number of nitrogens with zero attached hydrogens (tertiary/aromatic N) is 1. The summed E-state index contributed by atoms with van der Waals surface area (Å²) in [5.74, 6) is 0. The van der Waals surface area contributed by atoms with Gasteiger partial charge in [0.1, 0.15) is 0 Å². The minimum absolute atomic E-state index is 0.976. The van der Waals surface area contributed by atoms with E-state index < -0.39 is 14.6 Å². The Kier molecular flexibility index (Phi) is 8.46. The van der Waals surface area contributed by atoms with Gasteiger partial charge < -0.3 is 0 Å². The van der Waals surface area contributed by atoms with Gasteiger partial charge in [-0.05, 0) is 0 Å². The van der Waals surface area contributed by atoms with Crippen molar-refractivity contribution in [2.75, 3.05) is 14.1 Å². The van der Waals surface area contributed by atoms with Crippen molar-refractivity contribution in [3.05, 3.63) is 0 Å². The molecule has 0 fully saturated rings. The molecule has 0 rings (SSSR count). The van der Waals surface area contributed by atoms with Crippen LogP contribution in [0.5, 0.6) is 0 Å². The second kappa shape index (κ2) is 8.12. The van der Waals surface area contributed by atoms with Gasteiger partial charge in [-0.1, -0.05) is 0 Å². The Bertz CT molecular complexity index is 85.8. The van der Waals surface area contributed by atoms with E-state index in [1.54, 1.807) is 10.5 Å². The first-order chi connectivity index (χ1) is 5.72. The molecule has 2 heteroatoms. The Morgan fingerprint density at radius 2 is 1.33 bits per heavy atom. The summed E-state index contributed by atoms with van der Waals surface area (Å²) in [5, 5.41) is 3.13. The molecule has 0 unspecified atom stereocenters. The molecule has 0 aromatic rings. The summed E-state index contributed by atoms with van der Waals surface area (Å²) in [6, 6.07) is 0.